The van der Waals surface area contributed by atoms with E-state index in [1.165, 1.54) is 0 Å². The first kappa shape index (κ1) is 17.0. The minimum Gasteiger partial charge on any atom is -0.376 e. The number of rotatable bonds is 6. The molecule has 3 rings (SSSR count). The van der Waals surface area contributed by atoms with E-state index < -0.39 is 0 Å². The van der Waals surface area contributed by atoms with Gasteiger partial charge in [-0.1, -0.05) is 24.3 Å². The van der Waals surface area contributed by atoms with Crippen molar-refractivity contribution in [2.24, 2.45) is 0 Å². The van der Waals surface area contributed by atoms with Gasteiger partial charge in [0.2, 0.25) is 5.91 Å². The lowest BCUT2D eigenvalue weighted by Gasteiger charge is -2.13. The maximum absolute atomic E-state index is 12.3. The number of para-hydroxylation sites is 1. The summed E-state index contributed by atoms with van der Waals surface area (Å²) in [6.45, 7) is 4.15. The molecule has 0 aliphatic heterocycles. The Hall–Kier alpha value is -2.82. The Bertz CT molecular complexity index is 797. The molecular weight excluding hydrogens is 314 g/mol. The zero-order valence-corrected chi connectivity index (χ0v) is 14.6. The van der Waals surface area contributed by atoms with Gasteiger partial charge in [-0.05, 0) is 56.0 Å². The summed E-state index contributed by atoms with van der Waals surface area (Å²) in [5, 5.41) is 8.93. The van der Waals surface area contributed by atoms with Crippen LogP contribution in [-0.2, 0) is 4.79 Å². The third kappa shape index (κ3) is 4.59. The molecule has 0 aromatic heterocycles. The maximum Gasteiger partial charge on any atom is 0.253 e. The van der Waals surface area contributed by atoms with Gasteiger partial charge in [0.05, 0.1) is 17.8 Å². The minimum absolute atomic E-state index is 0.138. The van der Waals surface area contributed by atoms with Crippen molar-refractivity contribution in [2.75, 3.05) is 17.2 Å². The van der Waals surface area contributed by atoms with Crippen LogP contribution in [0.15, 0.2) is 42.5 Å². The molecule has 0 spiro atoms. The molecule has 130 valence electrons. The molecule has 0 heterocycles. The predicted octanol–water partition coefficient (Wildman–Crippen LogP) is 3.25. The molecule has 3 N–H and O–H groups in total. The van der Waals surface area contributed by atoms with E-state index in [1.807, 2.05) is 38.1 Å². The monoisotopic (exact) mass is 337 g/mol. The molecule has 1 saturated carbocycles. The first-order valence-electron chi connectivity index (χ1n) is 8.54. The summed E-state index contributed by atoms with van der Waals surface area (Å²) in [7, 11) is 0. The lowest BCUT2D eigenvalue weighted by molar-refractivity contribution is -0.114. The van der Waals surface area contributed by atoms with Crippen LogP contribution in [0.2, 0.25) is 0 Å². The highest BCUT2D eigenvalue weighted by atomic mass is 16.2. The molecule has 5 nitrogen and oxygen atoms in total. The van der Waals surface area contributed by atoms with Crippen molar-refractivity contribution in [3.05, 3.63) is 59.2 Å². The summed E-state index contributed by atoms with van der Waals surface area (Å²) >= 11 is 0. The highest BCUT2D eigenvalue weighted by Crippen LogP contribution is 2.21. The molecule has 1 aliphatic carbocycles. The largest absolute Gasteiger partial charge is 0.376 e. The number of hydrogen-bond acceptors (Lipinski definition) is 3. The van der Waals surface area contributed by atoms with Crippen LogP contribution in [0.5, 0.6) is 0 Å². The molecule has 2 aromatic rings. The SMILES string of the molecule is Cc1ccc(C)c(NCC(=O)Nc2ccccc2C(=O)NC2CC2)c1. The summed E-state index contributed by atoms with van der Waals surface area (Å²) < 4.78 is 0. The summed E-state index contributed by atoms with van der Waals surface area (Å²) in [5.74, 6) is -0.325. The van der Waals surface area contributed by atoms with Crippen LogP contribution >= 0.6 is 0 Å². The molecule has 1 fully saturated rings. The normalized spacial score (nSPS) is 13.2. The Labute approximate surface area is 147 Å². The van der Waals surface area contributed by atoms with Crippen LogP contribution < -0.4 is 16.0 Å². The minimum atomic E-state index is -0.187. The van der Waals surface area contributed by atoms with Gasteiger partial charge in [0, 0.05) is 11.7 Å². The molecule has 0 unspecified atom stereocenters. The number of anilines is 2. The van der Waals surface area contributed by atoms with Crippen LogP contribution in [0.1, 0.15) is 34.3 Å². The van der Waals surface area contributed by atoms with Gasteiger partial charge in [-0.2, -0.15) is 0 Å². The molecule has 5 heteroatoms. The number of amides is 2. The van der Waals surface area contributed by atoms with Gasteiger partial charge in [0.15, 0.2) is 0 Å². The van der Waals surface area contributed by atoms with E-state index in [-0.39, 0.29) is 24.4 Å². The number of carbonyl (C=O) groups excluding carboxylic acids is 2. The molecule has 0 atom stereocenters. The van der Waals surface area contributed by atoms with Gasteiger partial charge in [-0.25, -0.2) is 0 Å². The van der Waals surface area contributed by atoms with Crippen LogP contribution in [-0.4, -0.2) is 24.4 Å². The van der Waals surface area contributed by atoms with Crippen LogP contribution in [0.4, 0.5) is 11.4 Å². The first-order valence-corrected chi connectivity index (χ1v) is 8.54. The summed E-state index contributed by atoms with van der Waals surface area (Å²) in [6, 6.07) is 13.4. The van der Waals surface area contributed by atoms with Gasteiger partial charge in [0.25, 0.3) is 5.91 Å². The van der Waals surface area contributed by atoms with E-state index >= 15 is 0 Å². The highest BCUT2D eigenvalue weighted by Gasteiger charge is 2.24. The average Bonchev–Trinajstić information content (AvgIpc) is 3.40. The van der Waals surface area contributed by atoms with Crippen molar-refractivity contribution in [1.82, 2.24) is 5.32 Å². The third-order valence-electron chi connectivity index (χ3n) is 4.19. The summed E-state index contributed by atoms with van der Waals surface area (Å²) in [6.07, 6.45) is 2.06. The van der Waals surface area contributed by atoms with E-state index in [9.17, 15) is 9.59 Å². The lowest BCUT2D eigenvalue weighted by atomic mass is 10.1. The molecule has 0 radical (unpaired) electrons. The summed E-state index contributed by atoms with van der Waals surface area (Å²) in [4.78, 5) is 24.6. The summed E-state index contributed by atoms with van der Waals surface area (Å²) in [5.41, 5.74) is 4.19. The molecule has 1 aliphatic rings. The van der Waals surface area contributed by atoms with Crippen molar-refractivity contribution in [3.63, 3.8) is 0 Å². The van der Waals surface area contributed by atoms with E-state index in [0.29, 0.717) is 11.3 Å². The quantitative estimate of drug-likeness (QED) is 0.758. The fourth-order valence-electron chi connectivity index (χ4n) is 2.58. The van der Waals surface area contributed by atoms with Crippen LogP contribution in [0, 0.1) is 13.8 Å². The third-order valence-corrected chi connectivity index (χ3v) is 4.19. The standard InChI is InChI=1S/C20H23N3O2/c1-13-7-8-14(2)18(11-13)21-12-19(24)23-17-6-4-3-5-16(17)20(25)22-15-9-10-15/h3-8,11,15,21H,9-10,12H2,1-2H3,(H,22,25)(H,23,24). The Morgan fingerprint density at radius 2 is 1.80 bits per heavy atom. The zero-order valence-electron chi connectivity index (χ0n) is 14.6. The number of benzene rings is 2. The van der Waals surface area contributed by atoms with E-state index in [2.05, 4.69) is 16.0 Å². The first-order chi connectivity index (χ1) is 12.0. The Kier molecular flexibility index (Phi) is 5.03. The van der Waals surface area contributed by atoms with Gasteiger partial charge in [0.1, 0.15) is 0 Å². The molecule has 0 bridgehead atoms. The fourth-order valence-corrected chi connectivity index (χ4v) is 2.58. The number of hydrogen-bond donors (Lipinski definition) is 3. The number of nitrogens with one attached hydrogen (secondary N) is 3. The fraction of sp³-hybridized carbons (Fsp3) is 0.300. The zero-order chi connectivity index (χ0) is 17.8. The van der Waals surface area contributed by atoms with Crippen molar-refractivity contribution in [2.45, 2.75) is 32.7 Å². The average molecular weight is 337 g/mol. The molecule has 2 amide bonds. The Balaban J connectivity index is 1.62. The highest BCUT2D eigenvalue weighted by molar-refractivity contribution is 6.04. The second kappa shape index (κ2) is 7.38. The van der Waals surface area contributed by atoms with Gasteiger partial charge in [-0.15, -0.1) is 0 Å². The molecular formula is C20H23N3O2. The lowest BCUT2D eigenvalue weighted by Crippen LogP contribution is -2.28. The van der Waals surface area contributed by atoms with Gasteiger partial charge in [-0.3, -0.25) is 9.59 Å². The molecule has 2 aromatic carbocycles. The smallest absolute Gasteiger partial charge is 0.253 e. The van der Waals surface area contributed by atoms with Crippen molar-refractivity contribution in [1.29, 1.82) is 0 Å². The second-order valence-corrected chi connectivity index (χ2v) is 6.51. The van der Waals surface area contributed by atoms with Gasteiger partial charge >= 0.3 is 0 Å². The molecule has 25 heavy (non-hydrogen) atoms. The predicted molar refractivity (Wildman–Crippen MR) is 100.0 cm³/mol. The van der Waals surface area contributed by atoms with E-state index in [0.717, 1.165) is 29.7 Å². The van der Waals surface area contributed by atoms with Gasteiger partial charge < -0.3 is 16.0 Å². The van der Waals surface area contributed by atoms with Crippen LogP contribution in [0.3, 0.4) is 0 Å². The Morgan fingerprint density at radius 1 is 1.04 bits per heavy atom. The van der Waals surface area contributed by atoms with Crippen molar-refractivity contribution < 1.29 is 9.59 Å². The Morgan fingerprint density at radius 3 is 2.56 bits per heavy atom. The van der Waals surface area contributed by atoms with Crippen molar-refractivity contribution in [3.8, 4) is 0 Å². The second-order valence-electron chi connectivity index (χ2n) is 6.51. The van der Waals surface area contributed by atoms with Crippen LogP contribution in [0.25, 0.3) is 0 Å². The van der Waals surface area contributed by atoms with Crippen molar-refractivity contribution >= 4 is 23.2 Å². The molecule has 0 saturated heterocycles. The van der Waals surface area contributed by atoms with E-state index in [1.54, 1.807) is 18.2 Å². The topological polar surface area (TPSA) is 70.2 Å². The van der Waals surface area contributed by atoms with E-state index in [4.69, 9.17) is 0 Å². The number of aryl methyl sites for hydroxylation is 2. The number of carbonyl (C=O) groups is 2. The maximum atomic E-state index is 12.3.